The molecular formula is C24H28N4O4. The molecule has 32 heavy (non-hydrogen) atoms. The van der Waals surface area contributed by atoms with E-state index in [9.17, 15) is 9.59 Å². The third kappa shape index (κ3) is 4.44. The minimum absolute atomic E-state index is 0.157. The highest BCUT2D eigenvalue weighted by Gasteiger charge is 2.27. The fraction of sp³-hybridized carbons (Fsp3) is 0.417. The Morgan fingerprint density at radius 2 is 2.00 bits per heavy atom. The molecule has 1 aliphatic heterocycles. The predicted molar refractivity (Wildman–Crippen MR) is 122 cm³/mol. The molecule has 0 spiro atoms. The average molecular weight is 437 g/mol. The van der Waals surface area contributed by atoms with Crippen LogP contribution >= 0.6 is 0 Å². The van der Waals surface area contributed by atoms with Gasteiger partial charge in [0.05, 0.1) is 22.3 Å². The molecule has 3 heterocycles. The minimum atomic E-state index is -0.558. The maximum Gasteiger partial charge on any atom is 0.414 e. The van der Waals surface area contributed by atoms with Gasteiger partial charge in [0, 0.05) is 18.4 Å². The first-order valence-corrected chi connectivity index (χ1v) is 10.8. The molecule has 0 bridgehead atoms. The van der Waals surface area contributed by atoms with Crippen molar-refractivity contribution >= 4 is 34.5 Å². The molecule has 8 nitrogen and oxygen atoms in total. The molecule has 1 N–H and O–H groups in total. The molecule has 168 valence electrons. The highest BCUT2D eigenvalue weighted by molar-refractivity contribution is 6.06. The summed E-state index contributed by atoms with van der Waals surface area (Å²) in [6.45, 7) is 10.2. The lowest BCUT2D eigenvalue weighted by atomic mass is 10.0. The van der Waals surface area contributed by atoms with Gasteiger partial charge in [-0.1, -0.05) is 19.0 Å². The van der Waals surface area contributed by atoms with Crippen molar-refractivity contribution in [3.05, 3.63) is 47.3 Å². The molecule has 0 aliphatic carbocycles. The Bertz CT molecular complexity index is 1180. The van der Waals surface area contributed by atoms with Crippen LogP contribution < -0.4 is 10.2 Å². The van der Waals surface area contributed by atoms with Gasteiger partial charge in [0.25, 0.3) is 11.6 Å². The maximum absolute atomic E-state index is 12.9. The number of rotatable bonds is 3. The van der Waals surface area contributed by atoms with Crippen molar-refractivity contribution < 1.29 is 18.8 Å². The van der Waals surface area contributed by atoms with Gasteiger partial charge in [-0.25, -0.2) is 9.78 Å². The van der Waals surface area contributed by atoms with Crippen molar-refractivity contribution in [1.29, 1.82) is 0 Å². The summed E-state index contributed by atoms with van der Waals surface area (Å²) in [7, 11) is 0. The second-order valence-corrected chi connectivity index (χ2v) is 9.33. The van der Waals surface area contributed by atoms with Gasteiger partial charge in [-0.05, 0) is 69.4 Å². The van der Waals surface area contributed by atoms with Crippen molar-refractivity contribution in [3.63, 3.8) is 0 Å². The molecule has 0 atom stereocenters. The van der Waals surface area contributed by atoms with E-state index in [1.807, 2.05) is 46.8 Å². The molecule has 8 heteroatoms. The SMILES string of the molecule is CC(C)c1noc2ncc(C(=O)Nc3ccc4c(c3)CCCN4C(=O)OC(C)(C)C)cc12. The average Bonchev–Trinajstić information content (AvgIpc) is 3.15. The molecule has 0 unspecified atom stereocenters. The summed E-state index contributed by atoms with van der Waals surface area (Å²) < 4.78 is 10.8. The third-order valence-electron chi connectivity index (χ3n) is 5.24. The molecule has 1 aromatic carbocycles. The lowest BCUT2D eigenvalue weighted by Gasteiger charge is -2.32. The summed E-state index contributed by atoms with van der Waals surface area (Å²) in [5.41, 5.74) is 3.54. The number of hydrogen-bond donors (Lipinski definition) is 1. The van der Waals surface area contributed by atoms with Gasteiger partial charge < -0.3 is 14.6 Å². The van der Waals surface area contributed by atoms with Gasteiger partial charge >= 0.3 is 6.09 Å². The lowest BCUT2D eigenvalue weighted by molar-refractivity contribution is 0.0577. The van der Waals surface area contributed by atoms with Crippen LogP contribution in [0.25, 0.3) is 11.1 Å². The number of carbonyl (C=O) groups excluding carboxylic acids is 2. The van der Waals surface area contributed by atoms with E-state index >= 15 is 0 Å². The number of amides is 2. The number of fused-ring (bicyclic) bond motifs is 2. The summed E-state index contributed by atoms with van der Waals surface area (Å²) in [4.78, 5) is 31.4. The van der Waals surface area contributed by atoms with Crippen LogP contribution in [-0.2, 0) is 11.2 Å². The Hall–Kier alpha value is -3.42. The lowest BCUT2D eigenvalue weighted by Crippen LogP contribution is -2.39. The first-order chi connectivity index (χ1) is 15.1. The monoisotopic (exact) mass is 436 g/mol. The molecule has 0 saturated carbocycles. The van der Waals surface area contributed by atoms with Crippen LogP contribution in [0.5, 0.6) is 0 Å². The molecule has 0 saturated heterocycles. The number of nitrogens with one attached hydrogen (secondary N) is 1. The predicted octanol–water partition coefficient (Wildman–Crippen LogP) is 5.29. The van der Waals surface area contributed by atoms with Gasteiger partial charge in [0.1, 0.15) is 5.60 Å². The van der Waals surface area contributed by atoms with Crippen molar-refractivity contribution in [2.24, 2.45) is 0 Å². The largest absolute Gasteiger partial charge is 0.443 e. The number of pyridine rings is 1. The number of nitrogens with zero attached hydrogens (tertiary/aromatic N) is 3. The van der Waals surface area contributed by atoms with E-state index in [1.54, 1.807) is 17.0 Å². The first kappa shape index (κ1) is 21.8. The number of ether oxygens (including phenoxy) is 1. The molecule has 0 radical (unpaired) electrons. The zero-order valence-corrected chi connectivity index (χ0v) is 19.1. The van der Waals surface area contributed by atoms with Crippen molar-refractivity contribution in [3.8, 4) is 0 Å². The van der Waals surface area contributed by atoms with E-state index in [4.69, 9.17) is 9.26 Å². The smallest absolute Gasteiger partial charge is 0.414 e. The van der Waals surface area contributed by atoms with Crippen molar-refractivity contribution in [2.75, 3.05) is 16.8 Å². The van der Waals surface area contributed by atoms with E-state index in [-0.39, 0.29) is 17.9 Å². The van der Waals surface area contributed by atoms with Crippen LogP contribution in [0.15, 0.2) is 35.0 Å². The molecular weight excluding hydrogens is 408 g/mol. The summed E-state index contributed by atoms with van der Waals surface area (Å²) in [5, 5.41) is 7.73. The van der Waals surface area contributed by atoms with E-state index in [0.29, 0.717) is 23.5 Å². The van der Waals surface area contributed by atoms with E-state index in [0.717, 1.165) is 35.2 Å². The van der Waals surface area contributed by atoms with Gasteiger partial charge in [0.2, 0.25) is 0 Å². The fourth-order valence-electron chi connectivity index (χ4n) is 3.78. The Morgan fingerprint density at radius 3 is 2.72 bits per heavy atom. The molecule has 2 amide bonds. The van der Waals surface area contributed by atoms with Gasteiger partial charge in [-0.3, -0.25) is 9.69 Å². The second-order valence-electron chi connectivity index (χ2n) is 9.33. The van der Waals surface area contributed by atoms with Crippen LogP contribution in [0.3, 0.4) is 0 Å². The highest BCUT2D eigenvalue weighted by atomic mass is 16.6. The topological polar surface area (TPSA) is 97.6 Å². The van der Waals surface area contributed by atoms with Crippen LogP contribution in [0, 0.1) is 0 Å². The number of aryl methyl sites for hydroxylation is 1. The second kappa shape index (κ2) is 8.26. The standard InChI is InChI=1S/C24H28N4O4/c1-14(2)20-18-12-16(13-25-22(18)32-27-20)21(29)26-17-8-9-19-15(11-17)7-6-10-28(19)23(30)31-24(3,4)5/h8-9,11-14H,6-7,10H2,1-5H3,(H,26,29). The third-order valence-corrected chi connectivity index (χ3v) is 5.24. The van der Waals surface area contributed by atoms with Crippen LogP contribution in [0.2, 0.25) is 0 Å². The number of benzene rings is 1. The van der Waals surface area contributed by atoms with Gasteiger partial charge in [-0.15, -0.1) is 0 Å². The minimum Gasteiger partial charge on any atom is -0.443 e. The zero-order valence-electron chi connectivity index (χ0n) is 19.1. The normalized spacial score (nSPS) is 13.9. The van der Waals surface area contributed by atoms with Crippen molar-refractivity contribution in [2.45, 2.75) is 59.0 Å². The van der Waals surface area contributed by atoms with Gasteiger partial charge in [0.15, 0.2) is 0 Å². The number of anilines is 2. The Morgan fingerprint density at radius 1 is 1.22 bits per heavy atom. The van der Waals surface area contributed by atoms with Crippen LogP contribution in [0.4, 0.5) is 16.2 Å². The first-order valence-electron chi connectivity index (χ1n) is 10.8. The summed E-state index contributed by atoms with van der Waals surface area (Å²) >= 11 is 0. The van der Waals surface area contributed by atoms with E-state index < -0.39 is 5.60 Å². The van der Waals surface area contributed by atoms with E-state index in [2.05, 4.69) is 15.5 Å². The molecule has 1 aliphatic rings. The zero-order chi connectivity index (χ0) is 23.0. The number of carbonyl (C=O) groups is 2. The summed E-state index contributed by atoms with van der Waals surface area (Å²) in [5.74, 6) is -0.111. The maximum atomic E-state index is 12.9. The fourth-order valence-corrected chi connectivity index (χ4v) is 3.78. The van der Waals surface area contributed by atoms with Crippen LogP contribution in [0.1, 0.15) is 68.6 Å². The Balaban J connectivity index is 1.54. The highest BCUT2D eigenvalue weighted by Crippen LogP contribution is 2.31. The van der Waals surface area contributed by atoms with E-state index in [1.165, 1.54) is 6.20 Å². The number of hydrogen-bond acceptors (Lipinski definition) is 6. The summed E-state index contributed by atoms with van der Waals surface area (Å²) in [6.07, 6.45) is 2.78. The van der Waals surface area contributed by atoms with Crippen molar-refractivity contribution in [1.82, 2.24) is 10.1 Å². The molecule has 3 aromatic rings. The Labute approximate surface area is 186 Å². The van der Waals surface area contributed by atoms with Crippen LogP contribution in [-0.4, -0.2) is 34.3 Å². The number of aromatic nitrogens is 2. The molecule has 0 fully saturated rings. The molecule has 2 aromatic heterocycles. The Kier molecular flexibility index (Phi) is 5.62. The summed E-state index contributed by atoms with van der Waals surface area (Å²) in [6, 6.07) is 7.32. The quantitative estimate of drug-likeness (QED) is 0.599. The van der Waals surface area contributed by atoms with Gasteiger partial charge in [-0.2, -0.15) is 0 Å². The molecule has 4 rings (SSSR count).